The molecule has 0 radical (unpaired) electrons. The predicted molar refractivity (Wildman–Crippen MR) is 116 cm³/mol. The molecule has 1 atom stereocenters. The van der Waals surface area contributed by atoms with Crippen molar-refractivity contribution in [3.05, 3.63) is 0 Å². The lowest BCUT2D eigenvalue weighted by Gasteiger charge is -2.17. The molecule has 1 unspecified atom stereocenters. The van der Waals surface area contributed by atoms with Gasteiger partial charge in [0.1, 0.15) is 0 Å². The topological polar surface area (TPSA) is 37.3 Å². The van der Waals surface area contributed by atoms with Crippen LogP contribution in [0.4, 0.5) is 0 Å². The van der Waals surface area contributed by atoms with Gasteiger partial charge in [-0.2, -0.15) is 0 Å². The van der Waals surface area contributed by atoms with Crippen LogP contribution in [0.5, 0.6) is 0 Å². The van der Waals surface area contributed by atoms with E-state index in [0.29, 0.717) is 5.75 Å². The third kappa shape index (κ3) is 12.3. The average Bonchev–Trinajstić information content (AvgIpc) is 2.49. The molecule has 0 fully saturated rings. The molecule has 0 aliphatic heterocycles. The molecule has 0 aromatic carbocycles. The molecule has 0 spiro atoms. The number of unbranched alkanes of at least 4 members (excludes halogenated alkanes) is 10. The van der Waals surface area contributed by atoms with Crippen LogP contribution in [0, 0.1) is 0 Å². The summed E-state index contributed by atoms with van der Waals surface area (Å²) in [6.45, 7) is 2.19. The zero-order valence-corrected chi connectivity index (χ0v) is 19.0. The Labute approximate surface area is 157 Å². The van der Waals surface area contributed by atoms with Gasteiger partial charge < -0.3 is 4.89 Å². The Hall–Kier alpha value is 1.33. The van der Waals surface area contributed by atoms with Gasteiger partial charge in [-0.1, -0.05) is 89.4 Å². The molecule has 140 valence electrons. The predicted octanol–water partition coefficient (Wildman–Crippen LogP) is 6.62. The normalized spacial score (nSPS) is 14.7. The second-order valence-electron chi connectivity index (χ2n) is 6.12. The van der Waals surface area contributed by atoms with Crippen molar-refractivity contribution in [1.29, 1.82) is 0 Å². The fourth-order valence-corrected chi connectivity index (χ4v) is 12.3. The van der Waals surface area contributed by atoms with Crippen molar-refractivity contribution in [2.24, 2.45) is 0 Å². The third-order valence-corrected chi connectivity index (χ3v) is 19.9. The highest BCUT2D eigenvalue weighted by atomic mass is 33.5. The smallest absolute Gasteiger partial charge is 0.318 e. The van der Waals surface area contributed by atoms with Crippen LogP contribution in [-0.4, -0.2) is 16.4 Å². The van der Waals surface area contributed by atoms with Gasteiger partial charge in [-0.15, -0.1) is 0 Å². The fourth-order valence-electron chi connectivity index (χ4n) is 2.32. The van der Waals surface area contributed by atoms with Gasteiger partial charge in [-0.25, -0.2) is 0 Å². The third-order valence-electron chi connectivity index (χ3n) is 3.86. The summed E-state index contributed by atoms with van der Waals surface area (Å²) in [4.78, 5) is 10.3. The van der Waals surface area contributed by atoms with Crippen LogP contribution in [0.2, 0.25) is 0 Å². The minimum absolute atomic E-state index is 0.584. The monoisotopic (exact) mass is 418 g/mol. The van der Waals surface area contributed by atoms with Crippen LogP contribution in [0.1, 0.15) is 90.9 Å². The zero-order valence-electron chi connectivity index (χ0n) is 14.8. The molecule has 23 heavy (non-hydrogen) atoms. The van der Waals surface area contributed by atoms with E-state index in [1.807, 2.05) is 0 Å². The summed E-state index contributed by atoms with van der Waals surface area (Å²) in [5, 5.41) is 0. The minimum atomic E-state index is -3.39. The molecule has 0 bridgehead atoms. The average molecular weight is 419 g/mol. The molecular formula is C16H35O2PS4. The van der Waals surface area contributed by atoms with E-state index in [-0.39, 0.29) is 0 Å². The molecule has 1 N–H and O–H groups in total. The van der Waals surface area contributed by atoms with E-state index in [4.69, 9.17) is 22.4 Å². The standard InChI is InChI=1S/C16H35O2PS4/c1-3-5-7-9-11-13-15-22-19(17,18)23(20,21)16-14-12-10-8-6-4-2/h3-16H2,1-2H3,(H,17,18). The van der Waals surface area contributed by atoms with Gasteiger partial charge in [0.25, 0.3) is 0 Å². The Kier molecular flexibility index (Phi) is 15.3. The summed E-state index contributed by atoms with van der Waals surface area (Å²) >= 11 is 11.9. The van der Waals surface area contributed by atoms with Gasteiger partial charge in [0.2, 0.25) is 0 Å². The van der Waals surface area contributed by atoms with Crippen molar-refractivity contribution in [3.8, 4) is 0 Å². The van der Waals surface area contributed by atoms with Crippen molar-refractivity contribution in [3.63, 3.8) is 0 Å². The summed E-state index contributed by atoms with van der Waals surface area (Å²) in [6.07, 6.45) is 14.1. The summed E-state index contributed by atoms with van der Waals surface area (Å²) < 4.78 is 12.5. The Bertz CT molecular complexity index is 424. The van der Waals surface area contributed by atoms with Gasteiger partial charge in [0.15, 0.2) is 0 Å². The van der Waals surface area contributed by atoms with Crippen molar-refractivity contribution in [1.82, 2.24) is 0 Å². The zero-order chi connectivity index (χ0) is 17.6. The lowest BCUT2D eigenvalue weighted by atomic mass is 10.1. The molecule has 0 rings (SSSR count). The van der Waals surface area contributed by atoms with Gasteiger partial charge >= 0.3 is 5.77 Å². The highest BCUT2D eigenvalue weighted by molar-refractivity contribution is 9.02. The minimum Gasteiger partial charge on any atom is -0.329 e. The van der Waals surface area contributed by atoms with Gasteiger partial charge in [-0.05, 0) is 42.0 Å². The van der Waals surface area contributed by atoms with Crippen molar-refractivity contribution in [2.75, 3.05) is 11.5 Å². The second kappa shape index (κ2) is 14.5. The maximum Gasteiger partial charge on any atom is 0.318 e. The Morgan fingerprint density at radius 2 is 1.26 bits per heavy atom. The molecular weight excluding hydrogens is 383 g/mol. The molecule has 0 aliphatic carbocycles. The summed E-state index contributed by atoms with van der Waals surface area (Å²) in [7, 11) is 0. The molecule has 7 heteroatoms. The van der Waals surface area contributed by atoms with Crippen LogP contribution in [0.15, 0.2) is 0 Å². The maximum atomic E-state index is 12.5. The molecule has 0 heterocycles. The maximum absolute atomic E-state index is 12.5. The highest BCUT2D eigenvalue weighted by Crippen LogP contribution is 2.61. The summed E-state index contributed by atoms with van der Waals surface area (Å²) in [5.41, 5.74) is 0. The van der Waals surface area contributed by atoms with Crippen LogP contribution < -0.4 is 0 Å². The first-order valence-corrected chi connectivity index (χ1v) is 16.6. The van der Waals surface area contributed by atoms with Crippen LogP contribution >= 0.6 is 17.2 Å². The number of rotatable bonds is 16. The fraction of sp³-hybridized carbons (Fsp3) is 1.00. The first kappa shape index (κ1) is 24.3. The Morgan fingerprint density at radius 1 is 0.826 bits per heavy atom. The number of hydrogen-bond acceptors (Lipinski definition) is 4. The Morgan fingerprint density at radius 3 is 1.78 bits per heavy atom. The van der Waals surface area contributed by atoms with Crippen LogP contribution in [-0.2, 0) is 33.7 Å². The van der Waals surface area contributed by atoms with E-state index in [0.717, 1.165) is 42.8 Å². The molecule has 0 aromatic rings. The molecule has 0 saturated heterocycles. The lowest BCUT2D eigenvalue weighted by molar-refractivity contribution is 0.513. The van der Waals surface area contributed by atoms with E-state index in [1.165, 1.54) is 51.4 Å². The second-order valence-corrected chi connectivity index (χ2v) is 21.1. The van der Waals surface area contributed by atoms with Gasteiger partial charge in [0.05, 0.1) is 0 Å². The molecule has 2 nitrogen and oxygen atoms in total. The molecule has 0 aliphatic rings. The van der Waals surface area contributed by atoms with Crippen molar-refractivity contribution in [2.45, 2.75) is 90.9 Å². The molecule has 0 amide bonds. The van der Waals surface area contributed by atoms with Crippen LogP contribution in [0.3, 0.4) is 0 Å². The van der Waals surface area contributed by atoms with Crippen LogP contribution in [0.25, 0.3) is 0 Å². The van der Waals surface area contributed by atoms with E-state index in [1.54, 1.807) is 0 Å². The van der Waals surface area contributed by atoms with E-state index >= 15 is 0 Å². The quantitative estimate of drug-likeness (QED) is 0.225. The molecule has 0 saturated carbocycles. The first-order valence-electron chi connectivity index (χ1n) is 9.07. The number of hydrogen-bond donors (Lipinski definition) is 1. The van der Waals surface area contributed by atoms with Crippen molar-refractivity contribution >= 4 is 46.3 Å². The van der Waals surface area contributed by atoms with E-state index < -0.39 is 12.5 Å². The van der Waals surface area contributed by atoms with Gasteiger partial charge in [0, 0.05) is 11.5 Å². The SMILES string of the molecule is CCCCCCCCSP(=O)(O)S(=S)(=S)CCCCCCCC. The highest BCUT2D eigenvalue weighted by Gasteiger charge is 2.28. The largest absolute Gasteiger partial charge is 0.329 e. The lowest BCUT2D eigenvalue weighted by Crippen LogP contribution is -2.02. The Balaban J connectivity index is 3.92. The molecule has 0 aromatic heterocycles. The summed E-state index contributed by atoms with van der Waals surface area (Å²) in [5.74, 6) is -2.08. The first-order chi connectivity index (χ1) is 10.9. The van der Waals surface area contributed by atoms with E-state index in [2.05, 4.69) is 13.8 Å². The van der Waals surface area contributed by atoms with E-state index in [9.17, 15) is 9.46 Å². The van der Waals surface area contributed by atoms with Gasteiger partial charge in [-0.3, -0.25) is 4.57 Å². The summed E-state index contributed by atoms with van der Waals surface area (Å²) in [6, 6.07) is 0. The van der Waals surface area contributed by atoms with Crippen molar-refractivity contribution < 1.29 is 9.46 Å².